The van der Waals surface area contributed by atoms with Crippen molar-refractivity contribution >= 4 is 0 Å². The molecule has 2 aliphatic rings. The third-order valence-corrected chi connectivity index (χ3v) is 6.59. The van der Waals surface area contributed by atoms with Crippen molar-refractivity contribution in [3.05, 3.63) is 0 Å². The highest BCUT2D eigenvalue weighted by Gasteiger charge is 2.36. The zero-order valence-corrected chi connectivity index (χ0v) is 18.0. The van der Waals surface area contributed by atoms with E-state index in [4.69, 9.17) is 14.2 Å². The van der Waals surface area contributed by atoms with Gasteiger partial charge in [0.05, 0.1) is 44.2 Å². The number of hydrogen-bond acceptors (Lipinski definition) is 9. The first-order chi connectivity index (χ1) is 14.2. The summed E-state index contributed by atoms with van der Waals surface area (Å²) in [6, 6.07) is 0. The molecule has 0 aromatic rings. The van der Waals surface area contributed by atoms with Crippen LogP contribution in [0.2, 0.25) is 0 Å². The zero-order chi connectivity index (χ0) is 22.3. The van der Waals surface area contributed by atoms with Crippen molar-refractivity contribution < 1.29 is 44.8 Å². The summed E-state index contributed by atoms with van der Waals surface area (Å²) in [5.74, 6) is -0.849. The fourth-order valence-corrected chi connectivity index (χ4v) is 4.25. The van der Waals surface area contributed by atoms with Gasteiger partial charge in [-0.2, -0.15) is 0 Å². The molecule has 30 heavy (non-hydrogen) atoms. The molecule has 10 unspecified atom stereocenters. The first-order valence-electron chi connectivity index (χ1n) is 11.1. The lowest BCUT2D eigenvalue weighted by Gasteiger charge is -2.36. The number of ether oxygens (including phenoxy) is 3. The summed E-state index contributed by atoms with van der Waals surface area (Å²) in [5.41, 5.74) is 0. The van der Waals surface area contributed by atoms with Gasteiger partial charge in [0.2, 0.25) is 0 Å². The Labute approximate surface area is 178 Å². The summed E-state index contributed by atoms with van der Waals surface area (Å²) >= 11 is 0. The van der Waals surface area contributed by atoms with Gasteiger partial charge in [0.25, 0.3) is 0 Å². The Morgan fingerprint density at radius 1 is 0.700 bits per heavy atom. The van der Waals surface area contributed by atoms with Crippen molar-refractivity contribution in [2.45, 2.75) is 69.7 Å². The number of hydrogen-bond donors (Lipinski definition) is 6. The topological polar surface area (TPSA) is 149 Å². The molecule has 9 nitrogen and oxygen atoms in total. The second-order valence-electron chi connectivity index (χ2n) is 8.97. The van der Waals surface area contributed by atoms with Crippen LogP contribution in [0.1, 0.15) is 33.1 Å². The third-order valence-electron chi connectivity index (χ3n) is 6.59. The van der Waals surface area contributed by atoms with Crippen LogP contribution in [0.5, 0.6) is 0 Å². The molecule has 2 fully saturated rings. The molecule has 2 aliphatic heterocycles. The average Bonchev–Trinajstić information content (AvgIpc) is 2.78. The van der Waals surface area contributed by atoms with Gasteiger partial charge in [-0.25, -0.2) is 0 Å². The van der Waals surface area contributed by atoms with Crippen LogP contribution in [0.4, 0.5) is 0 Å². The van der Waals surface area contributed by atoms with E-state index in [9.17, 15) is 30.6 Å². The second-order valence-corrected chi connectivity index (χ2v) is 8.97. The van der Waals surface area contributed by atoms with E-state index in [1.807, 2.05) is 13.8 Å². The van der Waals surface area contributed by atoms with E-state index in [0.717, 1.165) is 0 Å². The highest BCUT2D eigenvalue weighted by atomic mass is 16.5. The molecule has 178 valence electrons. The fourth-order valence-electron chi connectivity index (χ4n) is 4.25. The van der Waals surface area contributed by atoms with Gasteiger partial charge in [-0.3, -0.25) is 0 Å². The van der Waals surface area contributed by atoms with Crippen LogP contribution < -0.4 is 0 Å². The van der Waals surface area contributed by atoms with Gasteiger partial charge in [-0.05, 0) is 19.3 Å². The summed E-state index contributed by atoms with van der Waals surface area (Å²) in [7, 11) is 0. The first kappa shape index (κ1) is 25.9. The van der Waals surface area contributed by atoms with E-state index in [1.165, 1.54) is 0 Å². The van der Waals surface area contributed by atoms with Crippen LogP contribution in [0.15, 0.2) is 0 Å². The summed E-state index contributed by atoms with van der Waals surface area (Å²) < 4.78 is 16.8. The Morgan fingerprint density at radius 2 is 1.30 bits per heavy atom. The van der Waals surface area contributed by atoms with E-state index in [1.54, 1.807) is 0 Å². The van der Waals surface area contributed by atoms with Gasteiger partial charge in [0.1, 0.15) is 12.2 Å². The molecule has 0 saturated carbocycles. The Hall–Kier alpha value is -0.360. The quantitative estimate of drug-likeness (QED) is 0.285. The minimum atomic E-state index is -1.45. The Kier molecular flexibility index (Phi) is 10.9. The van der Waals surface area contributed by atoms with Crippen LogP contribution in [-0.4, -0.2) is 107 Å². The van der Waals surface area contributed by atoms with Gasteiger partial charge in [-0.1, -0.05) is 13.8 Å². The lowest BCUT2D eigenvalue weighted by atomic mass is 9.82. The average molecular weight is 437 g/mol. The molecular weight excluding hydrogens is 396 g/mol. The maximum atomic E-state index is 10.6. The largest absolute Gasteiger partial charge is 0.392 e. The molecule has 0 aromatic heterocycles. The van der Waals surface area contributed by atoms with E-state index in [0.29, 0.717) is 39.3 Å². The van der Waals surface area contributed by atoms with E-state index in [-0.39, 0.29) is 37.4 Å². The van der Waals surface area contributed by atoms with E-state index < -0.39 is 42.5 Å². The summed E-state index contributed by atoms with van der Waals surface area (Å²) in [6.07, 6.45) is -5.39. The molecule has 0 bridgehead atoms. The Bertz CT molecular complexity index is 479. The molecule has 0 spiro atoms. The Balaban J connectivity index is 1.76. The molecule has 2 heterocycles. The van der Waals surface area contributed by atoms with Crippen molar-refractivity contribution in [1.82, 2.24) is 0 Å². The van der Waals surface area contributed by atoms with Gasteiger partial charge in [-0.15, -0.1) is 0 Å². The van der Waals surface area contributed by atoms with Crippen LogP contribution in [0.25, 0.3) is 0 Å². The lowest BCUT2D eigenvalue weighted by molar-refractivity contribution is -0.120. The van der Waals surface area contributed by atoms with E-state index in [2.05, 4.69) is 0 Å². The van der Waals surface area contributed by atoms with Gasteiger partial charge in [0.15, 0.2) is 0 Å². The Morgan fingerprint density at radius 3 is 1.97 bits per heavy atom. The molecule has 0 radical (unpaired) electrons. The maximum absolute atomic E-state index is 10.6. The molecular formula is C21H40O9. The molecule has 9 heteroatoms. The molecule has 0 aliphatic carbocycles. The van der Waals surface area contributed by atoms with Crippen molar-refractivity contribution in [2.24, 2.45) is 23.7 Å². The lowest BCUT2D eigenvalue weighted by Crippen LogP contribution is -2.47. The van der Waals surface area contributed by atoms with Gasteiger partial charge >= 0.3 is 0 Å². The molecule has 2 rings (SSSR count). The summed E-state index contributed by atoms with van der Waals surface area (Å²) in [5, 5.41) is 61.0. The zero-order valence-electron chi connectivity index (χ0n) is 18.0. The van der Waals surface area contributed by atoms with Crippen molar-refractivity contribution in [3.63, 3.8) is 0 Å². The first-order valence-corrected chi connectivity index (χ1v) is 11.1. The minimum absolute atomic E-state index is 0.0246. The maximum Gasteiger partial charge on any atom is 0.109 e. The van der Waals surface area contributed by atoms with Crippen LogP contribution >= 0.6 is 0 Å². The highest BCUT2D eigenvalue weighted by Crippen LogP contribution is 2.27. The van der Waals surface area contributed by atoms with Crippen LogP contribution in [-0.2, 0) is 14.2 Å². The fraction of sp³-hybridized carbons (Fsp3) is 1.00. The van der Waals surface area contributed by atoms with E-state index >= 15 is 0 Å². The van der Waals surface area contributed by atoms with Gasteiger partial charge in [0, 0.05) is 43.5 Å². The van der Waals surface area contributed by atoms with Crippen molar-refractivity contribution in [3.8, 4) is 0 Å². The smallest absolute Gasteiger partial charge is 0.109 e. The number of rotatable bonds is 6. The van der Waals surface area contributed by atoms with Crippen LogP contribution in [0, 0.1) is 23.7 Å². The highest BCUT2D eigenvalue weighted by molar-refractivity contribution is 4.86. The second kappa shape index (κ2) is 12.6. The summed E-state index contributed by atoms with van der Waals surface area (Å²) in [4.78, 5) is 0. The molecule has 10 atom stereocenters. The molecule has 2 saturated heterocycles. The molecule has 6 N–H and O–H groups in total. The molecule has 0 aromatic carbocycles. The monoisotopic (exact) mass is 436 g/mol. The SMILES string of the molecule is CC1COCC(CCOCCC2COCCC(O)C(O)C(O)C2O)C(O)C(C)C1O. The predicted molar refractivity (Wildman–Crippen MR) is 108 cm³/mol. The minimum Gasteiger partial charge on any atom is -0.392 e. The molecule has 0 amide bonds. The van der Waals surface area contributed by atoms with Crippen molar-refractivity contribution in [2.75, 3.05) is 39.6 Å². The normalized spacial score (nSPS) is 44.4. The third kappa shape index (κ3) is 7.08. The van der Waals surface area contributed by atoms with Crippen molar-refractivity contribution in [1.29, 1.82) is 0 Å². The predicted octanol–water partition coefficient (Wildman–Crippen LogP) is -1.10. The number of aliphatic hydroxyl groups is 6. The standard InChI is InChI=1S/C21H40O9/c1-12-9-30-11-14(18(24)13(2)17(12)23)3-6-28-7-4-15-10-29-8-5-16(22)20(26)21(27)19(15)25/h12-27H,3-11H2,1-2H3. The van der Waals surface area contributed by atoms with Crippen LogP contribution in [0.3, 0.4) is 0 Å². The number of aliphatic hydroxyl groups excluding tert-OH is 6. The summed E-state index contributed by atoms with van der Waals surface area (Å²) in [6.45, 7) is 5.75. The van der Waals surface area contributed by atoms with Gasteiger partial charge < -0.3 is 44.8 Å².